The third-order valence-corrected chi connectivity index (χ3v) is 4.66. The molecule has 3 aromatic rings. The Morgan fingerprint density at radius 3 is 3.00 bits per heavy atom. The van der Waals surface area contributed by atoms with Crippen LogP contribution in [0.15, 0.2) is 33.3 Å². The summed E-state index contributed by atoms with van der Waals surface area (Å²) >= 11 is 4.79. The van der Waals surface area contributed by atoms with E-state index in [4.69, 9.17) is 10.3 Å². The predicted octanol–water partition coefficient (Wildman–Crippen LogP) is 3.47. The molecule has 0 spiro atoms. The first-order valence-corrected chi connectivity index (χ1v) is 7.83. The molecule has 0 radical (unpaired) electrons. The minimum atomic E-state index is -0.203. The molecule has 3 N–H and O–H groups in total. The van der Waals surface area contributed by atoms with Crippen LogP contribution in [0.3, 0.4) is 0 Å². The van der Waals surface area contributed by atoms with Crippen molar-refractivity contribution in [3.63, 3.8) is 0 Å². The highest BCUT2D eigenvalue weighted by molar-refractivity contribution is 9.10. The number of amides is 1. The lowest BCUT2D eigenvalue weighted by Crippen LogP contribution is -2.22. The molecule has 5 nitrogen and oxygen atoms in total. The van der Waals surface area contributed by atoms with Gasteiger partial charge in [-0.05, 0) is 19.1 Å². The van der Waals surface area contributed by atoms with Crippen LogP contribution < -0.4 is 11.1 Å². The lowest BCUT2D eigenvalue weighted by molar-refractivity contribution is 0.0955. The topological polar surface area (TPSA) is 81.2 Å². The fraction of sp³-hybridized carbons (Fsp3) is 0.143. The number of hydrogen-bond acceptors (Lipinski definition) is 5. The SMILES string of the molecule is Cc1cc(CNC(=O)c2sc3cc(Br)ccc3c2N)no1. The Labute approximate surface area is 133 Å². The van der Waals surface area contributed by atoms with Gasteiger partial charge in [0.05, 0.1) is 12.2 Å². The van der Waals surface area contributed by atoms with Gasteiger partial charge in [-0.25, -0.2) is 0 Å². The van der Waals surface area contributed by atoms with Crippen LogP contribution in [0.5, 0.6) is 0 Å². The molecule has 108 valence electrons. The highest BCUT2D eigenvalue weighted by Gasteiger charge is 2.16. The first-order valence-electron chi connectivity index (χ1n) is 6.22. The molecule has 1 aromatic carbocycles. The van der Waals surface area contributed by atoms with Crippen LogP contribution in [0.25, 0.3) is 10.1 Å². The molecule has 2 heterocycles. The maximum Gasteiger partial charge on any atom is 0.263 e. The first kappa shape index (κ1) is 14.1. The van der Waals surface area contributed by atoms with Crippen LogP contribution in [0, 0.1) is 6.92 Å². The molecule has 0 atom stereocenters. The molecule has 0 aliphatic carbocycles. The van der Waals surface area contributed by atoms with Crippen molar-refractivity contribution in [1.29, 1.82) is 0 Å². The molecule has 1 amide bonds. The summed E-state index contributed by atoms with van der Waals surface area (Å²) in [6, 6.07) is 7.55. The largest absolute Gasteiger partial charge is 0.397 e. The van der Waals surface area contributed by atoms with Crippen LogP contribution in [0.2, 0.25) is 0 Å². The Kier molecular flexibility index (Phi) is 3.69. The second-order valence-corrected chi connectivity index (χ2v) is 6.56. The molecule has 0 bridgehead atoms. The summed E-state index contributed by atoms with van der Waals surface area (Å²) in [7, 11) is 0. The number of rotatable bonds is 3. The fourth-order valence-electron chi connectivity index (χ4n) is 2.01. The van der Waals surface area contributed by atoms with E-state index in [0.717, 1.165) is 14.6 Å². The molecule has 0 saturated carbocycles. The number of carbonyl (C=O) groups is 1. The number of carbonyl (C=O) groups excluding carboxylic acids is 1. The standard InChI is InChI=1S/C14H12BrN3O2S/c1-7-4-9(18-20-7)6-17-14(19)13-12(16)10-3-2-8(15)5-11(10)21-13/h2-5H,6,16H2,1H3,(H,17,19). The van der Waals surface area contributed by atoms with E-state index in [0.29, 0.717) is 28.6 Å². The van der Waals surface area contributed by atoms with E-state index in [1.54, 1.807) is 13.0 Å². The van der Waals surface area contributed by atoms with Crippen LogP contribution in [0.4, 0.5) is 5.69 Å². The molecule has 0 aliphatic heterocycles. The smallest absolute Gasteiger partial charge is 0.263 e. The summed E-state index contributed by atoms with van der Waals surface area (Å²) in [6.45, 7) is 2.12. The number of thiophene rings is 1. The van der Waals surface area contributed by atoms with E-state index in [1.165, 1.54) is 11.3 Å². The van der Waals surface area contributed by atoms with Crippen molar-refractivity contribution in [1.82, 2.24) is 10.5 Å². The molecule has 21 heavy (non-hydrogen) atoms. The molecule has 2 aromatic heterocycles. The lowest BCUT2D eigenvalue weighted by Gasteiger charge is -2.01. The van der Waals surface area contributed by atoms with E-state index in [9.17, 15) is 4.79 Å². The number of aromatic nitrogens is 1. The minimum Gasteiger partial charge on any atom is -0.397 e. The maximum absolute atomic E-state index is 12.2. The molecule has 0 fully saturated rings. The van der Waals surface area contributed by atoms with Crippen LogP contribution >= 0.6 is 27.3 Å². The zero-order chi connectivity index (χ0) is 15.0. The molecule has 7 heteroatoms. The molecular weight excluding hydrogens is 354 g/mol. The number of nitrogen functional groups attached to an aromatic ring is 1. The maximum atomic E-state index is 12.2. The molecule has 0 aliphatic rings. The zero-order valence-corrected chi connectivity index (χ0v) is 13.5. The number of benzene rings is 1. The molecular formula is C14H12BrN3O2S. The number of hydrogen-bond donors (Lipinski definition) is 2. The van der Waals surface area contributed by atoms with Gasteiger partial charge in [0.25, 0.3) is 5.91 Å². The predicted molar refractivity (Wildman–Crippen MR) is 86.3 cm³/mol. The zero-order valence-electron chi connectivity index (χ0n) is 11.1. The average molecular weight is 366 g/mol. The summed E-state index contributed by atoms with van der Waals surface area (Å²) in [4.78, 5) is 12.8. The van der Waals surface area contributed by atoms with Gasteiger partial charge in [0.2, 0.25) is 0 Å². The second kappa shape index (κ2) is 5.50. The normalized spacial score (nSPS) is 11.0. The number of aryl methyl sites for hydroxylation is 1. The van der Waals surface area contributed by atoms with Crippen molar-refractivity contribution < 1.29 is 9.32 Å². The van der Waals surface area contributed by atoms with Crippen molar-refractivity contribution in [3.05, 3.63) is 45.1 Å². The van der Waals surface area contributed by atoms with E-state index in [-0.39, 0.29) is 5.91 Å². The van der Waals surface area contributed by atoms with Gasteiger partial charge in [0.15, 0.2) is 0 Å². The van der Waals surface area contributed by atoms with Gasteiger partial charge in [-0.3, -0.25) is 4.79 Å². The number of anilines is 1. The monoisotopic (exact) mass is 365 g/mol. The highest BCUT2D eigenvalue weighted by Crippen LogP contribution is 2.35. The summed E-state index contributed by atoms with van der Waals surface area (Å²) < 4.78 is 6.89. The number of halogens is 1. The van der Waals surface area contributed by atoms with Crippen LogP contribution in [-0.2, 0) is 6.54 Å². The molecule has 3 rings (SSSR count). The number of nitrogens with one attached hydrogen (secondary N) is 1. The van der Waals surface area contributed by atoms with Crippen molar-refractivity contribution in [2.24, 2.45) is 0 Å². The Hall–Kier alpha value is -1.86. The summed E-state index contributed by atoms with van der Waals surface area (Å²) in [5.41, 5.74) is 7.26. The van der Waals surface area contributed by atoms with Gasteiger partial charge in [-0.15, -0.1) is 11.3 Å². The van der Waals surface area contributed by atoms with Crippen LogP contribution in [-0.4, -0.2) is 11.1 Å². The third-order valence-electron chi connectivity index (χ3n) is 3.00. The van der Waals surface area contributed by atoms with Gasteiger partial charge < -0.3 is 15.6 Å². The molecule has 0 unspecified atom stereocenters. The molecule has 0 saturated heterocycles. The Morgan fingerprint density at radius 2 is 2.29 bits per heavy atom. The lowest BCUT2D eigenvalue weighted by atomic mass is 10.2. The van der Waals surface area contributed by atoms with Crippen molar-refractivity contribution in [2.45, 2.75) is 13.5 Å². The van der Waals surface area contributed by atoms with Crippen molar-refractivity contribution in [3.8, 4) is 0 Å². The van der Waals surface area contributed by atoms with Gasteiger partial charge in [-0.1, -0.05) is 27.2 Å². The summed E-state index contributed by atoms with van der Waals surface area (Å²) in [5, 5.41) is 7.53. The van der Waals surface area contributed by atoms with Crippen LogP contribution in [0.1, 0.15) is 21.1 Å². The van der Waals surface area contributed by atoms with E-state index < -0.39 is 0 Å². The number of nitrogens with two attached hydrogens (primary N) is 1. The summed E-state index contributed by atoms with van der Waals surface area (Å²) in [5.74, 6) is 0.510. The van der Waals surface area contributed by atoms with E-state index >= 15 is 0 Å². The van der Waals surface area contributed by atoms with Gasteiger partial charge >= 0.3 is 0 Å². The van der Waals surface area contributed by atoms with Gasteiger partial charge in [0.1, 0.15) is 16.3 Å². The van der Waals surface area contributed by atoms with Crippen molar-refractivity contribution >= 4 is 48.9 Å². The van der Waals surface area contributed by atoms with Gasteiger partial charge in [0, 0.05) is 20.6 Å². The fourth-order valence-corrected chi connectivity index (χ4v) is 3.60. The van der Waals surface area contributed by atoms with E-state index in [2.05, 4.69) is 26.4 Å². The van der Waals surface area contributed by atoms with Gasteiger partial charge in [-0.2, -0.15) is 0 Å². The Morgan fingerprint density at radius 1 is 1.48 bits per heavy atom. The third kappa shape index (κ3) is 2.79. The van der Waals surface area contributed by atoms with E-state index in [1.807, 2.05) is 18.2 Å². The number of nitrogens with zero attached hydrogens (tertiary/aromatic N) is 1. The summed E-state index contributed by atoms with van der Waals surface area (Å²) in [6.07, 6.45) is 0. The number of fused-ring (bicyclic) bond motifs is 1. The average Bonchev–Trinajstić information content (AvgIpc) is 3.00. The minimum absolute atomic E-state index is 0.203. The highest BCUT2D eigenvalue weighted by atomic mass is 79.9. The second-order valence-electron chi connectivity index (χ2n) is 4.60. The Bertz CT molecular complexity index is 825. The van der Waals surface area contributed by atoms with Crippen molar-refractivity contribution in [2.75, 3.05) is 5.73 Å². The quantitative estimate of drug-likeness (QED) is 0.744. The first-order chi connectivity index (χ1) is 10.0. The Balaban J connectivity index is 1.82.